The van der Waals surface area contributed by atoms with Crippen molar-refractivity contribution < 1.29 is 19.4 Å². The van der Waals surface area contributed by atoms with Crippen molar-refractivity contribution in [3.63, 3.8) is 0 Å². The number of carbonyl (C=O) groups is 1. The first kappa shape index (κ1) is 12.9. The molecule has 0 rings (SSSR count). The Balaban J connectivity index is 3.73. The molecule has 0 fully saturated rings. The van der Waals surface area contributed by atoms with Gasteiger partial charge in [-0.25, -0.2) is 4.79 Å². The van der Waals surface area contributed by atoms with Gasteiger partial charge in [0.25, 0.3) is 0 Å². The van der Waals surface area contributed by atoms with E-state index in [1.165, 1.54) is 13.2 Å². The lowest BCUT2D eigenvalue weighted by Gasteiger charge is -2.14. The molecule has 0 aliphatic carbocycles. The summed E-state index contributed by atoms with van der Waals surface area (Å²) in [5.74, 6) is 0. The monoisotopic (exact) mass is 202 g/mol. The average molecular weight is 202 g/mol. The van der Waals surface area contributed by atoms with Gasteiger partial charge in [-0.3, -0.25) is 4.79 Å². The van der Waals surface area contributed by atoms with Crippen LogP contribution in [0.4, 0.5) is 4.79 Å². The number of aliphatic hydroxyl groups excluding tert-OH is 1. The second-order valence-electron chi connectivity index (χ2n) is 2.97. The topological polar surface area (TPSA) is 75.6 Å². The van der Waals surface area contributed by atoms with E-state index in [-0.39, 0.29) is 0 Å². The molecule has 0 unspecified atom stereocenters. The fourth-order valence-corrected chi connectivity index (χ4v) is 0.726. The Hall–Kier alpha value is -1.10. The van der Waals surface area contributed by atoms with Crippen molar-refractivity contribution in [1.82, 2.24) is 5.32 Å². The molecule has 0 aliphatic heterocycles. The molecule has 0 aromatic heterocycles. The molecule has 0 aromatic carbocycles. The van der Waals surface area contributed by atoms with E-state index in [0.29, 0.717) is 6.61 Å². The third-order valence-electron chi connectivity index (χ3n) is 1.61. The Labute approximate surface area is 83.4 Å². The van der Waals surface area contributed by atoms with Crippen molar-refractivity contribution in [1.29, 1.82) is 0 Å². The Morgan fingerprint density at radius 1 is 1.64 bits per heavy atom. The Bertz CT molecular complexity index is 182. The van der Waals surface area contributed by atoms with E-state index in [2.05, 4.69) is 5.32 Å². The quantitative estimate of drug-likeness (QED) is 0.610. The first-order chi connectivity index (χ1) is 6.61. The summed E-state index contributed by atoms with van der Waals surface area (Å²) in [5.41, 5.74) is 0. The lowest BCUT2D eigenvalue weighted by atomic mass is 10.2. The van der Waals surface area contributed by atoms with Crippen LogP contribution >= 0.6 is 0 Å². The molecule has 0 saturated carbocycles. The van der Waals surface area contributed by atoms with Gasteiger partial charge < -0.3 is 15.2 Å². The third-order valence-corrected chi connectivity index (χ3v) is 1.61. The Morgan fingerprint density at radius 3 is 2.71 bits per heavy atom. The molecule has 0 saturated heterocycles. The number of amides is 1. The van der Waals surface area contributed by atoms with Gasteiger partial charge in [0.15, 0.2) is 0 Å². The van der Waals surface area contributed by atoms with Crippen LogP contribution in [0.15, 0.2) is 0 Å². The highest BCUT2D eigenvalue weighted by Crippen LogP contribution is 1.92. The maximum Gasteiger partial charge on any atom is 0.407 e. The first-order valence-corrected chi connectivity index (χ1v) is 4.60. The zero-order chi connectivity index (χ0) is 11.0. The Morgan fingerprint density at radius 2 is 2.29 bits per heavy atom. The smallest absolute Gasteiger partial charge is 0.407 e. The predicted octanol–water partition coefficient (Wildman–Crippen LogP) is 0.372. The summed E-state index contributed by atoms with van der Waals surface area (Å²) >= 11 is 0. The number of rotatable bonds is 6. The fourth-order valence-electron chi connectivity index (χ4n) is 0.726. The molecule has 5 heteroatoms. The number of aliphatic hydroxyl groups is 1. The maximum atomic E-state index is 11.0. The van der Waals surface area contributed by atoms with E-state index in [1.807, 2.05) is 6.92 Å². The molecule has 0 aromatic rings. The van der Waals surface area contributed by atoms with Gasteiger partial charge in [-0.05, 0) is 13.3 Å². The minimum absolute atomic E-state index is 0.313. The average Bonchev–Trinajstić information content (AvgIpc) is 2.14. The summed E-state index contributed by atoms with van der Waals surface area (Å²) in [7, 11) is 0. The van der Waals surface area contributed by atoms with Crippen LogP contribution in [-0.2, 0) is 9.53 Å². The van der Waals surface area contributed by atoms with Crippen LogP contribution in [0.1, 0.15) is 26.7 Å². The number of hydrogen-bond donors (Lipinski definition) is 2. The van der Waals surface area contributed by atoms with E-state index in [9.17, 15) is 9.59 Å². The van der Waals surface area contributed by atoms with Gasteiger partial charge >= 0.3 is 6.09 Å². The molecule has 14 heavy (non-hydrogen) atoms. The van der Waals surface area contributed by atoms with Crippen molar-refractivity contribution in [2.45, 2.75) is 38.8 Å². The van der Waals surface area contributed by atoms with E-state index < -0.39 is 18.2 Å². The van der Waals surface area contributed by atoms with Gasteiger partial charge in [0.2, 0.25) is 6.29 Å². The molecule has 2 N–H and O–H groups in total. The highest BCUT2D eigenvalue weighted by atomic mass is 16.5. The van der Waals surface area contributed by atoms with Gasteiger partial charge in [-0.2, -0.15) is 0 Å². The number of unbranched alkanes of at least 4 members (excludes halogenated alkanes) is 1. The Kier molecular flexibility index (Phi) is 6.74. The van der Waals surface area contributed by atoms with Crippen molar-refractivity contribution >= 4 is 12.4 Å². The lowest BCUT2D eigenvalue weighted by Crippen LogP contribution is -2.43. The first-order valence-electron chi connectivity index (χ1n) is 4.60. The highest BCUT2D eigenvalue weighted by Gasteiger charge is 2.17. The molecule has 1 radical (unpaired) electrons. The van der Waals surface area contributed by atoms with Crippen molar-refractivity contribution in [3.8, 4) is 0 Å². The number of alkyl carbamates (subject to hydrolysis) is 1. The molecule has 0 heterocycles. The van der Waals surface area contributed by atoms with Crippen LogP contribution in [0.2, 0.25) is 0 Å². The van der Waals surface area contributed by atoms with Crippen LogP contribution in [0.3, 0.4) is 0 Å². The molecule has 2 atom stereocenters. The molecule has 81 valence electrons. The summed E-state index contributed by atoms with van der Waals surface area (Å²) in [6.45, 7) is 3.68. The van der Waals surface area contributed by atoms with E-state index >= 15 is 0 Å². The zero-order valence-electron chi connectivity index (χ0n) is 8.45. The lowest BCUT2D eigenvalue weighted by molar-refractivity contribution is 0.125. The standard InChI is InChI=1S/C9H16NO4/c1-3-4-5-14-9(13)10-8(6-11)7(2)12/h7-8,12H,3-5H2,1-2H3,(H,10,13)/t7-,8-/m1/s1. The molecular formula is C9H16NO4. The number of carbonyl (C=O) groups excluding carboxylic acids is 2. The van der Waals surface area contributed by atoms with Gasteiger partial charge in [-0.15, -0.1) is 0 Å². The van der Waals surface area contributed by atoms with Crippen molar-refractivity contribution in [2.24, 2.45) is 0 Å². The summed E-state index contributed by atoms with van der Waals surface area (Å²) in [6.07, 6.45) is 1.54. The van der Waals surface area contributed by atoms with Crippen molar-refractivity contribution in [2.75, 3.05) is 6.61 Å². The summed E-state index contributed by atoms with van der Waals surface area (Å²) in [5, 5.41) is 11.2. The maximum absolute atomic E-state index is 11.0. The summed E-state index contributed by atoms with van der Waals surface area (Å²) in [4.78, 5) is 21.2. The van der Waals surface area contributed by atoms with E-state index in [0.717, 1.165) is 12.8 Å². The van der Waals surface area contributed by atoms with Crippen LogP contribution in [-0.4, -0.2) is 36.2 Å². The summed E-state index contributed by atoms with van der Waals surface area (Å²) in [6, 6.07) is -1.02. The molecule has 0 spiro atoms. The van der Waals surface area contributed by atoms with Crippen LogP contribution < -0.4 is 5.32 Å². The SMILES string of the molecule is CCCCOC(=O)N[C@H]([C]=O)[C@@H](C)O. The molecule has 1 amide bonds. The molecule has 5 nitrogen and oxygen atoms in total. The van der Waals surface area contributed by atoms with E-state index in [4.69, 9.17) is 9.84 Å². The number of nitrogens with one attached hydrogen (secondary N) is 1. The van der Waals surface area contributed by atoms with Gasteiger partial charge in [0, 0.05) is 0 Å². The zero-order valence-corrected chi connectivity index (χ0v) is 8.45. The minimum Gasteiger partial charge on any atom is -0.450 e. The molecule has 0 bridgehead atoms. The minimum atomic E-state index is -1.02. The third kappa shape index (κ3) is 5.53. The van der Waals surface area contributed by atoms with Crippen LogP contribution in [0.25, 0.3) is 0 Å². The number of hydrogen-bond acceptors (Lipinski definition) is 4. The van der Waals surface area contributed by atoms with Crippen LogP contribution in [0, 0.1) is 0 Å². The highest BCUT2D eigenvalue weighted by molar-refractivity contribution is 5.73. The normalized spacial score (nSPS) is 14.2. The largest absolute Gasteiger partial charge is 0.450 e. The van der Waals surface area contributed by atoms with Crippen molar-refractivity contribution in [3.05, 3.63) is 0 Å². The fraction of sp³-hybridized carbons (Fsp3) is 0.778. The second-order valence-corrected chi connectivity index (χ2v) is 2.97. The number of ether oxygens (including phenoxy) is 1. The second kappa shape index (κ2) is 7.32. The van der Waals surface area contributed by atoms with Gasteiger partial charge in [0.1, 0.15) is 6.04 Å². The summed E-state index contributed by atoms with van der Waals surface area (Å²) < 4.78 is 4.72. The predicted molar refractivity (Wildman–Crippen MR) is 50.6 cm³/mol. The molecular weight excluding hydrogens is 186 g/mol. The molecule has 0 aliphatic rings. The van der Waals surface area contributed by atoms with Crippen LogP contribution in [0.5, 0.6) is 0 Å². The van der Waals surface area contributed by atoms with Gasteiger partial charge in [-0.1, -0.05) is 13.3 Å². The van der Waals surface area contributed by atoms with E-state index in [1.54, 1.807) is 0 Å². The van der Waals surface area contributed by atoms with Gasteiger partial charge in [0.05, 0.1) is 12.7 Å².